The molecule has 2 N–H and O–H groups in total. The molecule has 0 aromatic rings. The van der Waals surface area contributed by atoms with E-state index in [9.17, 15) is 4.79 Å². The van der Waals surface area contributed by atoms with Crippen LogP contribution in [0.1, 0.15) is 58.3 Å². The number of nitrogens with one attached hydrogen (secondary N) is 1. The highest BCUT2D eigenvalue weighted by atomic mass is 16.4. The Hall–Kier alpha value is -0.610. The highest BCUT2D eigenvalue weighted by Gasteiger charge is 2.27. The van der Waals surface area contributed by atoms with Crippen LogP contribution in [0.5, 0.6) is 0 Å². The highest BCUT2D eigenvalue weighted by Crippen LogP contribution is 2.25. The molecular weight excluding hydrogens is 252 g/mol. The molecule has 2 aliphatic rings. The van der Waals surface area contributed by atoms with E-state index in [2.05, 4.69) is 17.1 Å². The van der Waals surface area contributed by atoms with E-state index in [1.807, 2.05) is 0 Å². The largest absolute Gasteiger partial charge is 0.481 e. The van der Waals surface area contributed by atoms with Crippen molar-refractivity contribution < 1.29 is 9.90 Å². The number of carboxylic acids is 1. The summed E-state index contributed by atoms with van der Waals surface area (Å²) < 4.78 is 0. The van der Waals surface area contributed by atoms with Crippen molar-refractivity contribution in [3.63, 3.8) is 0 Å². The zero-order valence-corrected chi connectivity index (χ0v) is 12.8. The minimum absolute atomic E-state index is 0.0952. The summed E-state index contributed by atoms with van der Waals surface area (Å²) in [6.45, 7) is 5.95. The molecule has 4 nitrogen and oxygen atoms in total. The third kappa shape index (κ3) is 4.74. The smallest absolute Gasteiger partial charge is 0.306 e. The quantitative estimate of drug-likeness (QED) is 0.813. The zero-order chi connectivity index (χ0) is 14.4. The van der Waals surface area contributed by atoms with Crippen LogP contribution in [0.15, 0.2) is 0 Å². The topological polar surface area (TPSA) is 52.6 Å². The van der Waals surface area contributed by atoms with Gasteiger partial charge >= 0.3 is 5.97 Å². The van der Waals surface area contributed by atoms with Crippen LogP contribution in [0.25, 0.3) is 0 Å². The molecule has 1 heterocycles. The van der Waals surface area contributed by atoms with Crippen molar-refractivity contribution in [1.29, 1.82) is 0 Å². The van der Waals surface area contributed by atoms with E-state index in [1.165, 1.54) is 45.3 Å². The van der Waals surface area contributed by atoms with Crippen LogP contribution in [-0.4, -0.2) is 47.7 Å². The fourth-order valence-corrected chi connectivity index (χ4v) is 3.70. The van der Waals surface area contributed by atoms with Gasteiger partial charge in [0.2, 0.25) is 0 Å². The number of nitrogens with zero attached hydrogens (tertiary/aromatic N) is 1. The van der Waals surface area contributed by atoms with E-state index < -0.39 is 5.97 Å². The predicted molar refractivity (Wildman–Crippen MR) is 80.9 cm³/mol. The van der Waals surface area contributed by atoms with Gasteiger partial charge in [-0.2, -0.15) is 0 Å². The van der Waals surface area contributed by atoms with E-state index in [4.69, 9.17) is 5.11 Å². The average Bonchev–Trinajstić information content (AvgIpc) is 2.66. The first-order valence-electron chi connectivity index (χ1n) is 8.40. The lowest BCUT2D eigenvalue weighted by molar-refractivity contribution is -0.142. The van der Waals surface area contributed by atoms with Crippen molar-refractivity contribution in [2.24, 2.45) is 5.92 Å². The van der Waals surface area contributed by atoms with Crippen LogP contribution in [-0.2, 0) is 4.79 Å². The zero-order valence-electron chi connectivity index (χ0n) is 12.8. The Kier molecular flexibility index (Phi) is 6.30. The molecule has 0 aromatic heterocycles. The third-order valence-electron chi connectivity index (χ3n) is 4.91. The minimum Gasteiger partial charge on any atom is -0.481 e. The van der Waals surface area contributed by atoms with E-state index in [0.717, 1.165) is 25.7 Å². The Morgan fingerprint density at radius 3 is 2.45 bits per heavy atom. The Morgan fingerprint density at radius 1 is 1.10 bits per heavy atom. The van der Waals surface area contributed by atoms with Crippen molar-refractivity contribution in [2.45, 2.75) is 70.4 Å². The first-order valence-corrected chi connectivity index (χ1v) is 8.40. The molecule has 0 aromatic carbocycles. The maximum Gasteiger partial charge on any atom is 0.306 e. The molecule has 1 aliphatic carbocycles. The van der Waals surface area contributed by atoms with Crippen LogP contribution < -0.4 is 5.32 Å². The second kappa shape index (κ2) is 7.99. The van der Waals surface area contributed by atoms with Crippen molar-refractivity contribution in [3.05, 3.63) is 0 Å². The van der Waals surface area contributed by atoms with Crippen LogP contribution >= 0.6 is 0 Å². The number of aliphatic carboxylic acids is 1. The van der Waals surface area contributed by atoms with E-state index in [0.29, 0.717) is 12.1 Å². The third-order valence-corrected chi connectivity index (χ3v) is 4.91. The fourth-order valence-electron chi connectivity index (χ4n) is 3.70. The fraction of sp³-hybridized carbons (Fsp3) is 0.938. The summed E-state index contributed by atoms with van der Waals surface area (Å²) >= 11 is 0. The number of likely N-dealkylation sites (tertiary alicyclic amines) is 1. The molecular formula is C16H30N2O2. The first-order chi connectivity index (χ1) is 9.69. The summed E-state index contributed by atoms with van der Waals surface area (Å²) in [7, 11) is 0. The van der Waals surface area contributed by atoms with Gasteiger partial charge in [-0.25, -0.2) is 0 Å². The van der Waals surface area contributed by atoms with Crippen molar-refractivity contribution >= 4 is 5.97 Å². The Bertz CT molecular complexity index is 301. The average molecular weight is 282 g/mol. The summed E-state index contributed by atoms with van der Waals surface area (Å²) in [5.41, 5.74) is 0. The molecule has 0 radical (unpaired) electrons. The van der Waals surface area contributed by atoms with E-state index >= 15 is 0 Å². The molecule has 1 saturated heterocycles. The number of carbonyl (C=O) groups is 1. The number of hydrogen-bond acceptors (Lipinski definition) is 3. The molecule has 2 fully saturated rings. The molecule has 1 saturated carbocycles. The second-order valence-electron chi connectivity index (χ2n) is 6.52. The van der Waals surface area contributed by atoms with E-state index in [1.54, 1.807) is 0 Å². The van der Waals surface area contributed by atoms with Gasteiger partial charge in [-0.15, -0.1) is 0 Å². The normalized spacial score (nSPS) is 32.8. The van der Waals surface area contributed by atoms with Gasteiger partial charge < -0.3 is 15.3 Å². The van der Waals surface area contributed by atoms with Crippen molar-refractivity contribution in [3.8, 4) is 0 Å². The first kappa shape index (κ1) is 15.8. The molecule has 0 spiro atoms. The molecule has 1 atom stereocenters. The molecule has 1 unspecified atom stereocenters. The Morgan fingerprint density at radius 2 is 1.80 bits per heavy atom. The SMILES string of the molecule is CCCN1CCCC(NC2CCC(C(=O)O)CC2)CC1. The van der Waals surface area contributed by atoms with Crippen molar-refractivity contribution in [1.82, 2.24) is 10.2 Å². The number of rotatable bonds is 5. The minimum atomic E-state index is -0.604. The highest BCUT2D eigenvalue weighted by molar-refractivity contribution is 5.70. The van der Waals surface area contributed by atoms with Crippen LogP contribution in [0.2, 0.25) is 0 Å². The maximum absolute atomic E-state index is 11.0. The molecule has 116 valence electrons. The number of hydrogen-bond donors (Lipinski definition) is 2. The lowest BCUT2D eigenvalue weighted by Crippen LogP contribution is -2.41. The monoisotopic (exact) mass is 282 g/mol. The van der Waals surface area contributed by atoms with Gasteiger partial charge in [-0.1, -0.05) is 6.92 Å². The second-order valence-corrected chi connectivity index (χ2v) is 6.52. The molecule has 1 aliphatic heterocycles. The molecule has 4 heteroatoms. The van der Waals surface area contributed by atoms with E-state index in [-0.39, 0.29) is 5.92 Å². The molecule has 2 rings (SSSR count). The summed E-state index contributed by atoms with van der Waals surface area (Å²) in [5.74, 6) is -0.699. The van der Waals surface area contributed by atoms with Gasteiger partial charge in [0.1, 0.15) is 0 Å². The van der Waals surface area contributed by atoms with Gasteiger partial charge in [0.05, 0.1) is 5.92 Å². The summed E-state index contributed by atoms with van der Waals surface area (Å²) in [5, 5.41) is 12.8. The van der Waals surface area contributed by atoms with Gasteiger partial charge in [0.25, 0.3) is 0 Å². The van der Waals surface area contributed by atoms with Gasteiger partial charge in [-0.05, 0) is 71.0 Å². The molecule has 0 bridgehead atoms. The maximum atomic E-state index is 11.0. The Labute approximate surface area is 122 Å². The van der Waals surface area contributed by atoms with Crippen LogP contribution in [0, 0.1) is 5.92 Å². The lowest BCUT2D eigenvalue weighted by Gasteiger charge is -2.30. The standard InChI is InChI=1S/C16H30N2O2/c1-2-10-18-11-3-4-14(9-12-18)17-15-7-5-13(6-8-15)16(19)20/h13-15,17H,2-12H2,1H3,(H,19,20). The van der Waals surface area contributed by atoms with Gasteiger partial charge in [-0.3, -0.25) is 4.79 Å². The lowest BCUT2D eigenvalue weighted by atomic mass is 9.85. The predicted octanol–water partition coefficient (Wildman–Crippen LogP) is 2.48. The van der Waals surface area contributed by atoms with Crippen molar-refractivity contribution in [2.75, 3.05) is 19.6 Å². The summed E-state index contributed by atoms with van der Waals surface area (Å²) in [6.07, 6.45) is 8.83. The van der Waals surface area contributed by atoms with Crippen LogP contribution in [0.3, 0.4) is 0 Å². The molecule has 0 amide bonds. The van der Waals surface area contributed by atoms with Crippen LogP contribution in [0.4, 0.5) is 0 Å². The number of carboxylic acid groups (broad SMARTS) is 1. The van der Waals surface area contributed by atoms with Gasteiger partial charge in [0.15, 0.2) is 0 Å². The molecule has 20 heavy (non-hydrogen) atoms. The Balaban J connectivity index is 1.70. The summed E-state index contributed by atoms with van der Waals surface area (Å²) in [6, 6.07) is 1.19. The van der Waals surface area contributed by atoms with Gasteiger partial charge in [0, 0.05) is 12.1 Å². The summed E-state index contributed by atoms with van der Waals surface area (Å²) in [4.78, 5) is 13.6.